The van der Waals surface area contributed by atoms with E-state index in [-0.39, 0.29) is 5.57 Å². The number of carbonyl (C=O) groups excluding carboxylic acids is 1. The van der Waals surface area contributed by atoms with Crippen molar-refractivity contribution in [3.63, 3.8) is 0 Å². The molecule has 1 heterocycles. The summed E-state index contributed by atoms with van der Waals surface area (Å²) in [6.07, 6.45) is 1.53. The zero-order valence-electron chi connectivity index (χ0n) is 19.6. The fourth-order valence-electron chi connectivity index (χ4n) is 3.72. The first-order valence-corrected chi connectivity index (χ1v) is 11.4. The minimum atomic E-state index is -0.478. The molecule has 0 aromatic heterocycles. The number of carbonyl (C=O) groups is 1. The standard InChI is InChI=1S/C28H27N3O4/c1-33-26-12-7-22(18-27(26)35-20-21-5-3-2-4-6-21)17-23(19-29)28(32)30-24-8-10-25(11-9-24)31-13-15-34-16-14-31/h2-12,17-18H,13-16,20H2,1H3,(H,30,32)/b23-17+. The van der Waals surface area contributed by atoms with Gasteiger partial charge in [0.15, 0.2) is 11.5 Å². The Morgan fingerprint density at radius 3 is 2.49 bits per heavy atom. The van der Waals surface area contributed by atoms with E-state index < -0.39 is 5.91 Å². The van der Waals surface area contributed by atoms with E-state index in [2.05, 4.69) is 10.2 Å². The maximum Gasteiger partial charge on any atom is 0.266 e. The van der Waals surface area contributed by atoms with Crippen LogP contribution in [0.25, 0.3) is 6.08 Å². The first kappa shape index (κ1) is 23.9. The molecule has 0 unspecified atom stereocenters. The molecule has 1 aliphatic heterocycles. The molecule has 3 aromatic carbocycles. The fourth-order valence-corrected chi connectivity index (χ4v) is 3.72. The smallest absolute Gasteiger partial charge is 0.266 e. The molecule has 1 aliphatic rings. The maximum absolute atomic E-state index is 12.8. The molecule has 0 saturated carbocycles. The van der Waals surface area contributed by atoms with E-state index in [1.54, 1.807) is 25.3 Å². The van der Waals surface area contributed by atoms with Crippen molar-refractivity contribution in [1.82, 2.24) is 0 Å². The van der Waals surface area contributed by atoms with Crippen molar-refractivity contribution in [1.29, 1.82) is 5.26 Å². The molecular weight excluding hydrogens is 442 g/mol. The Kier molecular flexibility index (Phi) is 8.00. The minimum Gasteiger partial charge on any atom is -0.493 e. The Balaban J connectivity index is 1.45. The van der Waals surface area contributed by atoms with Crippen LogP contribution < -0.4 is 19.7 Å². The zero-order chi connectivity index (χ0) is 24.5. The van der Waals surface area contributed by atoms with Gasteiger partial charge in [-0.2, -0.15) is 5.26 Å². The van der Waals surface area contributed by atoms with E-state index in [0.29, 0.717) is 42.6 Å². The van der Waals surface area contributed by atoms with Crippen LogP contribution in [0.5, 0.6) is 11.5 Å². The van der Waals surface area contributed by atoms with Crippen LogP contribution in [0.3, 0.4) is 0 Å². The summed E-state index contributed by atoms with van der Waals surface area (Å²) in [5.41, 5.74) is 3.36. The van der Waals surface area contributed by atoms with Gasteiger partial charge in [0.25, 0.3) is 5.91 Å². The molecule has 1 amide bonds. The Labute approximate surface area is 205 Å². The number of amides is 1. The quantitative estimate of drug-likeness (QED) is 0.382. The van der Waals surface area contributed by atoms with Gasteiger partial charge in [-0.1, -0.05) is 36.4 Å². The predicted molar refractivity (Wildman–Crippen MR) is 135 cm³/mol. The van der Waals surface area contributed by atoms with Crippen molar-refractivity contribution in [3.8, 4) is 17.6 Å². The second-order valence-electron chi connectivity index (χ2n) is 7.95. The number of hydrogen-bond donors (Lipinski definition) is 1. The largest absolute Gasteiger partial charge is 0.493 e. The lowest BCUT2D eigenvalue weighted by atomic mass is 10.1. The molecule has 0 aliphatic carbocycles. The molecule has 4 rings (SSSR count). The molecule has 1 fully saturated rings. The fraction of sp³-hybridized carbons (Fsp3) is 0.214. The number of nitriles is 1. The first-order valence-electron chi connectivity index (χ1n) is 11.4. The van der Waals surface area contributed by atoms with E-state index in [4.69, 9.17) is 14.2 Å². The second-order valence-corrected chi connectivity index (χ2v) is 7.95. The predicted octanol–water partition coefficient (Wildman–Crippen LogP) is 4.66. The Morgan fingerprint density at radius 2 is 1.80 bits per heavy atom. The van der Waals surface area contributed by atoms with Gasteiger partial charge in [-0.3, -0.25) is 4.79 Å². The lowest BCUT2D eigenvalue weighted by Crippen LogP contribution is -2.36. The van der Waals surface area contributed by atoms with E-state index in [9.17, 15) is 10.1 Å². The summed E-state index contributed by atoms with van der Waals surface area (Å²) in [6.45, 7) is 3.46. The number of anilines is 2. The highest BCUT2D eigenvalue weighted by atomic mass is 16.5. The summed E-state index contributed by atoms with van der Waals surface area (Å²) < 4.78 is 16.7. The third-order valence-electron chi connectivity index (χ3n) is 5.60. The molecule has 0 radical (unpaired) electrons. The van der Waals surface area contributed by atoms with E-state index in [1.807, 2.05) is 60.7 Å². The molecule has 7 nitrogen and oxygen atoms in total. The van der Waals surface area contributed by atoms with Crippen molar-refractivity contribution in [2.24, 2.45) is 0 Å². The minimum absolute atomic E-state index is 0.0126. The molecule has 178 valence electrons. The van der Waals surface area contributed by atoms with Crippen LogP contribution in [0.1, 0.15) is 11.1 Å². The second kappa shape index (κ2) is 11.7. The van der Waals surface area contributed by atoms with E-state index >= 15 is 0 Å². The molecule has 0 spiro atoms. The number of benzene rings is 3. The van der Waals surface area contributed by atoms with Gasteiger partial charge in [0.1, 0.15) is 18.2 Å². The number of nitrogens with one attached hydrogen (secondary N) is 1. The van der Waals surface area contributed by atoms with Gasteiger partial charge in [-0.15, -0.1) is 0 Å². The third kappa shape index (κ3) is 6.40. The van der Waals surface area contributed by atoms with Gasteiger partial charge >= 0.3 is 0 Å². The Bertz CT molecular complexity index is 1210. The van der Waals surface area contributed by atoms with Crippen molar-refractivity contribution in [3.05, 3.63) is 89.5 Å². The van der Waals surface area contributed by atoms with Crippen molar-refractivity contribution < 1.29 is 19.0 Å². The normalized spacial score (nSPS) is 13.6. The number of methoxy groups -OCH3 is 1. The monoisotopic (exact) mass is 469 g/mol. The first-order chi connectivity index (χ1) is 17.2. The van der Waals surface area contributed by atoms with Gasteiger partial charge in [-0.05, 0) is 53.6 Å². The average molecular weight is 470 g/mol. The lowest BCUT2D eigenvalue weighted by Gasteiger charge is -2.28. The van der Waals surface area contributed by atoms with Gasteiger partial charge in [0.2, 0.25) is 0 Å². The van der Waals surface area contributed by atoms with Gasteiger partial charge in [0.05, 0.1) is 20.3 Å². The van der Waals surface area contributed by atoms with Crippen LogP contribution in [0.2, 0.25) is 0 Å². The Morgan fingerprint density at radius 1 is 1.06 bits per heavy atom. The highest BCUT2D eigenvalue weighted by Gasteiger charge is 2.13. The van der Waals surface area contributed by atoms with E-state index in [1.165, 1.54) is 6.08 Å². The highest BCUT2D eigenvalue weighted by molar-refractivity contribution is 6.09. The van der Waals surface area contributed by atoms with Crippen molar-refractivity contribution >= 4 is 23.4 Å². The SMILES string of the molecule is COc1ccc(/C=C(\C#N)C(=O)Nc2ccc(N3CCOCC3)cc2)cc1OCc1ccccc1. The lowest BCUT2D eigenvalue weighted by molar-refractivity contribution is -0.112. The third-order valence-corrected chi connectivity index (χ3v) is 5.60. The van der Waals surface area contributed by atoms with E-state index in [0.717, 1.165) is 24.3 Å². The number of nitrogens with zero attached hydrogens (tertiary/aromatic N) is 2. The highest BCUT2D eigenvalue weighted by Crippen LogP contribution is 2.30. The van der Waals surface area contributed by atoms with Crippen molar-refractivity contribution in [2.75, 3.05) is 43.6 Å². The summed E-state index contributed by atoms with van der Waals surface area (Å²) in [4.78, 5) is 15.0. The van der Waals surface area contributed by atoms with Crippen LogP contribution in [0.15, 0.2) is 78.4 Å². The summed E-state index contributed by atoms with van der Waals surface area (Å²) in [5, 5.41) is 12.4. The molecule has 0 bridgehead atoms. The van der Waals surface area contributed by atoms with Crippen LogP contribution >= 0.6 is 0 Å². The summed E-state index contributed by atoms with van der Waals surface area (Å²) in [7, 11) is 1.57. The summed E-state index contributed by atoms with van der Waals surface area (Å²) in [6, 6.07) is 24.6. The Hall–Kier alpha value is -4.28. The van der Waals surface area contributed by atoms with Gasteiger partial charge in [0, 0.05) is 24.5 Å². The number of rotatable bonds is 8. The molecular formula is C28H27N3O4. The van der Waals surface area contributed by atoms with Gasteiger partial charge in [-0.25, -0.2) is 0 Å². The molecule has 35 heavy (non-hydrogen) atoms. The molecule has 0 atom stereocenters. The summed E-state index contributed by atoms with van der Waals surface area (Å²) in [5.74, 6) is 0.622. The van der Waals surface area contributed by atoms with Crippen LogP contribution in [0.4, 0.5) is 11.4 Å². The number of hydrogen-bond acceptors (Lipinski definition) is 6. The van der Waals surface area contributed by atoms with Crippen molar-refractivity contribution in [2.45, 2.75) is 6.61 Å². The van der Waals surface area contributed by atoms with Crippen LogP contribution in [-0.4, -0.2) is 39.3 Å². The maximum atomic E-state index is 12.8. The zero-order valence-corrected chi connectivity index (χ0v) is 19.6. The summed E-state index contributed by atoms with van der Waals surface area (Å²) >= 11 is 0. The number of morpholine rings is 1. The average Bonchev–Trinajstić information content (AvgIpc) is 2.92. The van der Waals surface area contributed by atoms with Crippen LogP contribution in [-0.2, 0) is 16.1 Å². The topological polar surface area (TPSA) is 83.8 Å². The van der Waals surface area contributed by atoms with Gasteiger partial charge < -0.3 is 24.4 Å². The molecule has 1 N–H and O–H groups in total. The number of ether oxygens (including phenoxy) is 3. The van der Waals surface area contributed by atoms with Crippen LogP contribution in [0, 0.1) is 11.3 Å². The molecule has 7 heteroatoms. The molecule has 3 aromatic rings. The molecule has 1 saturated heterocycles.